The van der Waals surface area contributed by atoms with Gasteiger partial charge in [-0.05, 0) is 71.8 Å². The maximum atomic E-state index is 13.5. The smallest absolute Gasteiger partial charge is 0.261 e. The van der Waals surface area contributed by atoms with E-state index in [9.17, 15) is 9.18 Å². The van der Waals surface area contributed by atoms with Crippen LogP contribution in [0.3, 0.4) is 0 Å². The summed E-state index contributed by atoms with van der Waals surface area (Å²) in [5.41, 5.74) is 0.571. The van der Waals surface area contributed by atoms with Crippen LogP contribution in [0.4, 0.5) is 15.9 Å². The fourth-order valence-corrected chi connectivity index (χ4v) is 5.59. The summed E-state index contributed by atoms with van der Waals surface area (Å²) in [6.45, 7) is 8.84. The zero-order chi connectivity index (χ0) is 23.3. The molecule has 1 aliphatic rings. The van der Waals surface area contributed by atoms with Gasteiger partial charge in [0, 0.05) is 22.8 Å². The number of nitrogens with zero attached hydrogens (tertiary/aromatic N) is 3. The number of anilines is 2. The third-order valence-electron chi connectivity index (χ3n) is 6.38. The van der Waals surface area contributed by atoms with Gasteiger partial charge in [-0.1, -0.05) is 11.6 Å². The van der Waals surface area contributed by atoms with Crippen LogP contribution in [0.1, 0.15) is 50.2 Å². The van der Waals surface area contributed by atoms with Crippen LogP contribution in [0, 0.1) is 5.82 Å². The van der Waals surface area contributed by atoms with Crippen molar-refractivity contribution >= 4 is 50.6 Å². The summed E-state index contributed by atoms with van der Waals surface area (Å²) < 4.78 is 13.5. The summed E-state index contributed by atoms with van der Waals surface area (Å²) in [6, 6.07) is 6.25. The number of carbonyl (C=O) groups excluding carboxylic acids is 1. The van der Waals surface area contributed by atoms with E-state index in [4.69, 9.17) is 11.6 Å². The molecule has 0 aliphatic carbocycles. The number of piperidine rings is 1. The molecule has 32 heavy (non-hydrogen) atoms. The molecule has 0 bridgehead atoms. The first-order valence-corrected chi connectivity index (χ1v) is 11.7. The number of carbonyl (C=O) groups is 1. The highest BCUT2D eigenvalue weighted by atomic mass is 35.5. The summed E-state index contributed by atoms with van der Waals surface area (Å²) in [4.78, 5) is 25.4. The first-order chi connectivity index (χ1) is 15.0. The van der Waals surface area contributed by atoms with E-state index in [2.05, 4.69) is 60.2 Å². The van der Waals surface area contributed by atoms with Gasteiger partial charge in [0.15, 0.2) is 0 Å². The Balaban J connectivity index is 1.56. The van der Waals surface area contributed by atoms with Crippen molar-refractivity contribution in [2.24, 2.45) is 0 Å². The first-order valence-electron chi connectivity index (χ1n) is 10.5. The Morgan fingerprint density at radius 1 is 1.19 bits per heavy atom. The van der Waals surface area contributed by atoms with Gasteiger partial charge in [-0.15, -0.1) is 11.3 Å². The van der Waals surface area contributed by atoms with Crippen LogP contribution in [0.2, 0.25) is 5.02 Å². The molecule has 0 spiro atoms. The highest BCUT2D eigenvalue weighted by Crippen LogP contribution is 2.37. The van der Waals surface area contributed by atoms with Gasteiger partial charge in [0.2, 0.25) is 0 Å². The molecular formula is C23H27ClFN5OS. The second-order valence-corrected chi connectivity index (χ2v) is 11.0. The van der Waals surface area contributed by atoms with Gasteiger partial charge in [0.05, 0.1) is 15.3 Å². The average Bonchev–Trinajstić information content (AvgIpc) is 3.14. The molecule has 9 heteroatoms. The van der Waals surface area contributed by atoms with E-state index in [0.29, 0.717) is 21.2 Å². The number of halogens is 2. The van der Waals surface area contributed by atoms with Gasteiger partial charge in [-0.3, -0.25) is 9.69 Å². The number of rotatable bonds is 4. The van der Waals surface area contributed by atoms with Crippen LogP contribution >= 0.6 is 22.9 Å². The van der Waals surface area contributed by atoms with E-state index >= 15 is 0 Å². The number of amides is 1. The van der Waals surface area contributed by atoms with Crippen molar-refractivity contribution in [1.29, 1.82) is 0 Å². The Kier molecular flexibility index (Phi) is 5.90. The van der Waals surface area contributed by atoms with Crippen molar-refractivity contribution in [3.8, 4) is 0 Å². The lowest BCUT2D eigenvalue weighted by atomic mass is 9.77. The summed E-state index contributed by atoms with van der Waals surface area (Å²) in [6.07, 6.45) is 3.19. The fraction of sp³-hybridized carbons (Fsp3) is 0.435. The number of aromatic nitrogens is 2. The molecule has 1 aliphatic heterocycles. The van der Waals surface area contributed by atoms with Crippen molar-refractivity contribution in [2.75, 3.05) is 12.4 Å². The van der Waals surface area contributed by atoms with Gasteiger partial charge < -0.3 is 10.6 Å². The second-order valence-electron chi connectivity index (χ2n) is 9.57. The molecule has 0 radical (unpaired) electrons. The molecule has 0 atom stereocenters. The van der Waals surface area contributed by atoms with Gasteiger partial charge in [0.1, 0.15) is 22.8 Å². The largest absolute Gasteiger partial charge is 0.348 e. The normalized spacial score (nSPS) is 18.6. The van der Waals surface area contributed by atoms with Crippen molar-refractivity contribution in [2.45, 2.75) is 57.7 Å². The molecule has 1 fully saturated rings. The summed E-state index contributed by atoms with van der Waals surface area (Å²) in [5.74, 6) is -0.0562. The maximum absolute atomic E-state index is 13.5. The quantitative estimate of drug-likeness (QED) is 0.513. The number of likely N-dealkylation sites (tertiary alicyclic amines) is 1. The van der Waals surface area contributed by atoms with Crippen LogP contribution in [0.15, 0.2) is 30.6 Å². The van der Waals surface area contributed by atoms with Crippen LogP contribution < -0.4 is 10.6 Å². The molecule has 6 nitrogen and oxygen atoms in total. The molecule has 1 aromatic carbocycles. The van der Waals surface area contributed by atoms with Gasteiger partial charge in [0.25, 0.3) is 5.91 Å². The monoisotopic (exact) mass is 475 g/mol. The third-order valence-corrected chi connectivity index (χ3v) is 7.71. The third kappa shape index (κ3) is 4.44. The Hall–Kier alpha value is -2.29. The van der Waals surface area contributed by atoms with Gasteiger partial charge in [-0.25, -0.2) is 14.4 Å². The fourth-order valence-electron chi connectivity index (χ4n) is 4.51. The van der Waals surface area contributed by atoms with E-state index in [0.717, 1.165) is 18.2 Å². The Labute approximate surface area is 196 Å². The van der Waals surface area contributed by atoms with Gasteiger partial charge >= 0.3 is 0 Å². The number of fused-ring (bicyclic) bond motifs is 1. The Morgan fingerprint density at radius 3 is 2.53 bits per heavy atom. The highest BCUT2D eigenvalue weighted by molar-refractivity contribution is 7.20. The SMILES string of the molecule is CN1C(C)(C)CC(NC(=O)c2cc3c(Nc4ccc(F)c(Cl)c4)ncnc3s2)CC1(C)C. The molecule has 1 saturated heterocycles. The zero-order valence-electron chi connectivity index (χ0n) is 18.8. The van der Waals surface area contributed by atoms with Crippen LogP contribution in [0.25, 0.3) is 10.2 Å². The molecule has 0 unspecified atom stereocenters. The molecule has 4 rings (SSSR count). The molecule has 0 saturated carbocycles. The minimum Gasteiger partial charge on any atom is -0.348 e. The van der Waals surface area contributed by atoms with E-state index < -0.39 is 5.82 Å². The van der Waals surface area contributed by atoms with Crippen LogP contribution in [-0.2, 0) is 0 Å². The lowest BCUT2D eigenvalue weighted by Gasteiger charge is -2.53. The molecule has 3 heterocycles. The van der Waals surface area contributed by atoms with E-state index in [1.165, 1.54) is 29.8 Å². The molecule has 3 aromatic rings. The predicted molar refractivity (Wildman–Crippen MR) is 129 cm³/mol. The number of nitrogens with one attached hydrogen (secondary N) is 2. The minimum absolute atomic E-state index is 0.0150. The minimum atomic E-state index is -0.486. The number of hydrogen-bond acceptors (Lipinski definition) is 6. The number of thiophene rings is 1. The topological polar surface area (TPSA) is 70.2 Å². The average molecular weight is 476 g/mol. The van der Waals surface area contributed by atoms with Crippen molar-refractivity contribution in [1.82, 2.24) is 20.2 Å². The van der Waals surface area contributed by atoms with E-state index in [1.54, 1.807) is 12.1 Å². The predicted octanol–water partition coefficient (Wildman–Crippen LogP) is 5.61. The standard InChI is InChI=1S/C23H27ClFN5OS/c1-22(2)10-14(11-23(3,4)30(22)5)29-20(31)18-9-15-19(26-12-27-21(15)32-18)28-13-6-7-17(25)16(24)8-13/h6-9,12,14H,10-11H2,1-5H3,(H,29,31)(H,26,27,28). The lowest BCUT2D eigenvalue weighted by Crippen LogP contribution is -2.62. The van der Waals surface area contributed by atoms with Crippen molar-refractivity contribution in [3.05, 3.63) is 46.3 Å². The second kappa shape index (κ2) is 8.24. The first kappa shape index (κ1) is 22.9. The Bertz CT molecular complexity index is 1160. The number of hydrogen-bond donors (Lipinski definition) is 2. The zero-order valence-corrected chi connectivity index (χ0v) is 20.4. The van der Waals surface area contributed by atoms with Crippen molar-refractivity contribution < 1.29 is 9.18 Å². The summed E-state index contributed by atoms with van der Waals surface area (Å²) >= 11 is 7.21. The molecule has 2 aromatic heterocycles. The summed E-state index contributed by atoms with van der Waals surface area (Å²) in [7, 11) is 2.14. The van der Waals surface area contributed by atoms with E-state index in [-0.39, 0.29) is 28.0 Å². The molecular weight excluding hydrogens is 449 g/mol. The maximum Gasteiger partial charge on any atom is 0.261 e. The molecule has 170 valence electrons. The van der Waals surface area contributed by atoms with Crippen molar-refractivity contribution in [3.63, 3.8) is 0 Å². The van der Waals surface area contributed by atoms with Crippen LogP contribution in [0.5, 0.6) is 0 Å². The molecule has 2 N–H and O–H groups in total. The lowest BCUT2D eigenvalue weighted by molar-refractivity contribution is -0.0168. The van der Waals surface area contributed by atoms with E-state index in [1.807, 2.05) is 0 Å². The Morgan fingerprint density at radius 2 is 1.88 bits per heavy atom. The summed E-state index contributed by atoms with van der Waals surface area (Å²) in [5, 5.41) is 7.12. The number of benzene rings is 1. The van der Waals surface area contributed by atoms with Crippen LogP contribution in [-0.4, -0.2) is 44.9 Å². The molecule has 1 amide bonds. The highest BCUT2D eigenvalue weighted by Gasteiger charge is 2.43. The van der Waals surface area contributed by atoms with Gasteiger partial charge in [-0.2, -0.15) is 0 Å².